The fourth-order valence-corrected chi connectivity index (χ4v) is 1.99. The molecule has 0 atom stereocenters. The molecule has 1 aliphatic rings. The highest BCUT2D eigenvalue weighted by Crippen LogP contribution is 2.26. The second kappa shape index (κ2) is 5.08. The van der Waals surface area contributed by atoms with Crippen molar-refractivity contribution in [3.8, 4) is 0 Å². The van der Waals surface area contributed by atoms with E-state index in [-0.39, 0.29) is 24.3 Å². The van der Waals surface area contributed by atoms with Crippen LogP contribution in [0.4, 0.5) is 11.4 Å². The third-order valence-corrected chi connectivity index (χ3v) is 2.87. The summed E-state index contributed by atoms with van der Waals surface area (Å²) in [7, 11) is 0. The molecule has 2 amide bonds. The number of nitrogens with zero attached hydrogens (tertiary/aromatic N) is 2. The van der Waals surface area contributed by atoms with Gasteiger partial charge in [0.1, 0.15) is 0 Å². The molecule has 20 heavy (non-hydrogen) atoms. The van der Waals surface area contributed by atoms with Crippen molar-refractivity contribution in [3.05, 3.63) is 33.9 Å². The van der Waals surface area contributed by atoms with Gasteiger partial charge < -0.3 is 4.90 Å². The van der Waals surface area contributed by atoms with E-state index in [2.05, 4.69) is 5.32 Å². The largest absolute Gasteiger partial charge is 0.353 e. The van der Waals surface area contributed by atoms with Gasteiger partial charge in [-0.25, -0.2) is 0 Å². The molecule has 2 rings (SSSR count). The molecule has 0 unspecified atom stereocenters. The molecule has 1 aliphatic heterocycles. The van der Waals surface area contributed by atoms with E-state index in [1.807, 2.05) is 0 Å². The van der Waals surface area contributed by atoms with Gasteiger partial charge in [-0.15, -0.1) is 0 Å². The second-order valence-electron chi connectivity index (χ2n) is 4.34. The lowest BCUT2D eigenvalue weighted by molar-refractivity contribution is -0.385. The van der Waals surface area contributed by atoms with Gasteiger partial charge >= 0.3 is 0 Å². The number of hydrogen-bond donors (Lipinski definition) is 1. The predicted octanol–water partition coefficient (Wildman–Crippen LogP) is 0.260. The van der Waals surface area contributed by atoms with Crippen molar-refractivity contribution in [1.29, 1.82) is 0 Å². The summed E-state index contributed by atoms with van der Waals surface area (Å²) in [6, 6.07) is 4.00. The second-order valence-corrected chi connectivity index (χ2v) is 4.34. The predicted molar refractivity (Wildman–Crippen MR) is 68.5 cm³/mol. The summed E-state index contributed by atoms with van der Waals surface area (Å²) >= 11 is 0. The molecule has 104 valence electrons. The van der Waals surface area contributed by atoms with E-state index in [1.165, 1.54) is 30.0 Å². The van der Waals surface area contributed by atoms with E-state index in [0.717, 1.165) is 0 Å². The molecule has 1 aromatic carbocycles. The van der Waals surface area contributed by atoms with Crippen molar-refractivity contribution in [2.24, 2.45) is 0 Å². The zero-order valence-corrected chi connectivity index (χ0v) is 10.6. The van der Waals surface area contributed by atoms with E-state index < -0.39 is 22.5 Å². The van der Waals surface area contributed by atoms with Gasteiger partial charge in [-0.1, -0.05) is 0 Å². The minimum absolute atomic E-state index is 0.00784. The molecule has 0 spiro atoms. The first-order valence-corrected chi connectivity index (χ1v) is 5.75. The number of ketones is 1. The molecular weight excluding hydrogens is 266 g/mol. The lowest BCUT2D eigenvalue weighted by Crippen LogP contribution is -2.51. The first-order valence-electron chi connectivity index (χ1n) is 5.75. The quantitative estimate of drug-likeness (QED) is 0.367. The molecule has 0 aromatic heterocycles. The van der Waals surface area contributed by atoms with Gasteiger partial charge in [-0.05, 0) is 19.1 Å². The Morgan fingerprint density at radius 1 is 1.30 bits per heavy atom. The van der Waals surface area contributed by atoms with Gasteiger partial charge in [0.05, 0.1) is 23.6 Å². The molecule has 0 radical (unpaired) electrons. The Hall–Kier alpha value is -2.77. The molecule has 1 saturated heterocycles. The Morgan fingerprint density at radius 2 is 1.90 bits per heavy atom. The van der Waals surface area contributed by atoms with Crippen LogP contribution in [0.5, 0.6) is 0 Å². The lowest BCUT2D eigenvalue weighted by atomic mass is 10.1. The van der Waals surface area contributed by atoms with Crippen LogP contribution < -0.4 is 10.2 Å². The number of benzene rings is 1. The number of amides is 2. The zero-order valence-electron chi connectivity index (χ0n) is 10.6. The van der Waals surface area contributed by atoms with Crippen LogP contribution in [0, 0.1) is 10.1 Å². The number of imide groups is 1. The average molecular weight is 277 g/mol. The zero-order chi connectivity index (χ0) is 14.9. The van der Waals surface area contributed by atoms with Gasteiger partial charge in [-0.3, -0.25) is 29.8 Å². The fourth-order valence-electron chi connectivity index (χ4n) is 1.99. The average Bonchev–Trinajstić information content (AvgIpc) is 2.36. The molecule has 0 saturated carbocycles. The van der Waals surface area contributed by atoms with Gasteiger partial charge in [0.25, 0.3) is 5.69 Å². The summed E-state index contributed by atoms with van der Waals surface area (Å²) in [5, 5.41) is 13.1. The summed E-state index contributed by atoms with van der Waals surface area (Å²) in [6.45, 7) is 1.10. The van der Waals surface area contributed by atoms with Crippen molar-refractivity contribution >= 4 is 29.0 Å². The molecule has 0 bridgehead atoms. The highest BCUT2D eigenvalue weighted by molar-refractivity contribution is 6.03. The molecule has 1 aromatic rings. The summed E-state index contributed by atoms with van der Waals surface area (Å²) in [5.74, 6) is -1.37. The Labute approximate surface area is 113 Å². The minimum Gasteiger partial charge on any atom is -0.353 e. The van der Waals surface area contributed by atoms with Gasteiger partial charge in [0.15, 0.2) is 5.78 Å². The number of piperazine rings is 1. The highest BCUT2D eigenvalue weighted by atomic mass is 16.6. The summed E-state index contributed by atoms with van der Waals surface area (Å²) < 4.78 is 0. The summed E-state index contributed by atoms with van der Waals surface area (Å²) in [6.07, 6.45) is 0. The third kappa shape index (κ3) is 2.63. The van der Waals surface area contributed by atoms with Crippen LogP contribution in [-0.2, 0) is 9.59 Å². The van der Waals surface area contributed by atoms with Crippen LogP contribution >= 0.6 is 0 Å². The fraction of sp³-hybridized carbons (Fsp3) is 0.250. The van der Waals surface area contributed by atoms with Crippen molar-refractivity contribution in [1.82, 2.24) is 5.32 Å². The minimum atomic E-state index is -0.661. The topological polar surface area (TPSA) is 110 Å². The number of nitro benzene ring substituents is 1. The summed E-state index contributed by atoms with van der Waals surface area (Å²) in [4.78, 5) is 45.6. The Kier molecular flexibility index (Phi) is 3.47. The number of Topliss-reactive ketones (excluding diaryl/α,β-unsaturated/α-hetero) is 1. The van der Waals surface area contributed by atoms with Crippen molar-refractivity contribution in [3.63, 3.8) is 0 Å². The van der Waals surface area contributed by atoms with Crippen molar-refractivity contribution in [2.75, 3.05) is 18.0 Å². The Morgan fingerprint density at radius 3 is 2.40 bits per heavy atom. The Bertz CT molecular complexity index is 610. The van der Waals surface area contributed by atoms with Crippen LogP contribution in [0.3, 0.4) is 0 Å². The maximum Gasteiger partial charge on any atom is 0.282 e. The third-order valence-electron chi connectivity index (χ3n) is 2.87. The maximum absolute atomic E-state index is 11.3. The molecule has 8 nitrogen and oxygen atoms in total. The standard InChI is InChI=1S/C12H11N3O5/c1-7(16)9-3-2-8(4-10(9)15(19)20)14-5-11(17)13-12(18)6-14/h2-4H,5-6H2,1H3,(H,13,17,18). The van der Waals surface area contributed by atoms with E-state index in [9.17, 15) is 24.5 Å². The van der Waals surface area contributed by atoms with Crippen LogP contribution in [0.1, 0.15) is 17.3 Å². The Balaban J connectivity index is 2.40. The van der Waals surface area contributed by atoms with Crippen LogP contribution in [-0.4, -0.2) is 35.6 Å². The smallest absolute Gasteiger partial charge is 0.282 e. The molecule has 1 heterocycles. The highest BCUT2D eigenvalue weighted by Gasteiger charge is 2.25. The molecule has 1 fully saturated rings. The number of carbonyl (C=O) groups excluding carboxylic acids is 3. The van der Waals surface area contributed by atoms with Gasteiger partial charge in [0.2, 0.25) is 11.8 Å². The molecule has 0 aliphatic carbocycles. The first-order chi connectivity index (χ1) is 9.38. The molecular formula is C12H11N3O5. The number of nitro groups is 1. The summed E-state index contributed by atoms with van der Waals surface area (Å²) in [5.41, 5.74) is 0.00451. The number of nitrogens with one attached hydrogen (secondary N) is 1. The van der Waals surface area contributed by atoms with E-state index in [1.54, 1.807) is 0 Å². The molecule has 8 heteroatoms. The lowest BCUT2D eigenvalue weighted by Gasteiger charge is -2.27. The van der Waals surface area contributed by atoms with Crippen LogP contribution in [0.15, 0.2) is 18.2 Å². The number of anilines is 1. The van der Waals surface area contributed by atoms with Crippen molar-refractivity contribution in [2.45, 2.75) is 6.92 Å². The number of hydrogen-bond acceptors (Lipinski definition) is 6. The van der Waals surface area contributed by atoms with E-state index in [0.29, 0.717) is 5.69 Å². The number of rotatable bonds is 3. The first kappa shape index (κ1) is 13.7. The van der Waals surface area contributed by atoms with Crippen LogP contribution in [0.25, 0.3) is 0 Å². The normalized spacial score (nSPS) is 14.9. The van der Waals surface area contributed by atoms with Gasteiger partial charge in [0, 0.05) is 11.8 Å². The maximum atomic E-state index is 11.3. The van der Waals surface area contributed by atoms with Crippen molar-refractivity contribution < 1.29 is 19.3 Å². The number of carbonyl (C=O) groups is 3. The van der Waals surface area contributed by atoms with E-state index >= 15 is 0 Å². The van der Waals surface area contributed by atoms with E-state index in [4.69, 9.17) is 0 Å². The van der Waals surface area contributed by atoms with Gasteiger partial charge in [-0.2, -0.15) is 0 Å². The molecule has 1 N–H and O–H groups in total. The monoisotopic (exact) mass is 277 g/mol. The SMILES string of the molecule is CC(=O)c1ccc(N2CC(=O)NC(=O)C2)cc1[N+](=O)[O-]. The van der Waals surface area contributed by atoms with Crippen LogP contribution in [0.2, 0.25) is 0 Å².